The Kier molecular flexibility index (Phi) is 6.91. The molecule has 4 rings (SSSR count). The molecule has 172 valence electrons. The maximum atomic E-state index is 13.1. The molecule has 2 amide bonds. The number of ether oxygens (including phenoxy) is 1. The lowest BCUT2D eigenvalue weighted by Gasteiger charge is -2.39. The van der Waals surface area contributed by atoms with Gasteiger partial charge in [0, 0.05) is 50.0 Å². The summed E-state index contributed by atoms with van der Waals surface area (Å²) in [6, 6.07) is 9.79. The number of carbonyl (C=O) groups is 2. The van der Waals surface area contributed by atoms with E-state index >= 15 is 0 Å². The number of carbonyl (C=O) groups excluding carboxylic acids is 2. The lowest BCUT2D eigenvalue weighted by molar-refractivity contribution is -0.129. The first-order chi connectivity index (χ1) is 15.4. The maximum absolute atomic E-state index is 13.1. The van der Waals surface area contributed by atoms with Crippen LogP contribution in [0.1, 0.15) is 34.2 Å². The van der Waals surface area contributed by atoms with Gasteiger partial charge >= 0.3 is 0 Å². The van der Waals surface area contributed by atoms with Crippen LogP contribution in [-0.2, 0) is 22.6 Å². The predicted octanol–water partition coefficient (Wildman–Crippen LogP) is 1.61. The van der Waals surface area contributed by atoms with Gasteiger partial charge in [-0.15, -0.1) is 0 Å². The minimum atomic E-state index is -0.159. The van der Waals surface area contributed by atoms with Gasteiger partial charge in [-0.05, 0) is 38.5 Å². The highest BCUT2D eigenvalue weighted by Crippen LogP contribution is 2.22. The third-order valence-electron chi connectivity index (χ3n) is 6.22. The molecule has 1 N–H and O–H groups in total. The van der Waals surface area contributed by atoms with Crippen LogP contribution in [-0.4, -0.2) is 76.8 Å². The number of hydrogen-bond donors (Lipinski definition) is 1. The van der Waals surface area contributed by atoms with Gasteiger partial charge in [0.15, 0.2) is 0 Å². The first-order valence-electron chi connectivity index (χ1n) is 11.4. The summed E-state index contributed by atoms with van der Waals surface area (Å²) in [5, 5.41) is 7.53. The number of benzene rings is 1. The van der Waals surface area contributed by atoms with Crippen molar-refractivity contribution in [2.24, 2.45) is 5.92 Å². The fourth-order valence-corrected chi connectivity index (χ4v) is 4.37. The molecule has 1 atom stereocenters. The molecule has 1 unspecified atom stereocenters. The summed E-state index contributed by atoms with van der Waals surface area (Å²) in [6.07, 6.45) is 0. The van der Waals surface area contributed by atoms with E-state index in [2.05, 4.69) is 15.3 Å². The Labute approximate surface area is 189 Å². The monoisotopic (exact) mass is 439 g/mol. The highest BCUT2D eigenvalue weighted by atomic mass is 16.5. The Bertz CT molecular complexity index is 960. The van der Waals surface area contributed by atoms with Gasteiger partial charge in [0.05, 0.1) is 31.4 Å². The largest absolute Gasteiger partial charge is 0.379 e. The SMILES string of the molecule is Cc1cc(C)n(CC(C)NC(=O)C2CN(C(=O)c3ccccc3CN3CCOCC3)C2)n1. The number of morpholine rings is 1. The normalized spacial score (nSPS) is 18.3. The second-order valence-corrected chi connectivity index (χ2v) is 8.97. The lowest BCUT2D eigenvalue weighted by Crippen LogP contribution is -2.57. The third-order valence-corrected chi connectivity index (χ3v) is 6.22. The molecule has 2 saturated heterocycles. The molecule has 32 heavy (non-hydrogen) atoms. The van der Waals surface area contributed by atoms with Crippen molar-refractivity contribution in [3.8, 4) is 0 Å². The van der Waals surface area contributed by atoms with Crippen LogP contribution in [0.3, 0.4) is 0 Å². The Morgan fingerprint density at radius 2 is 1.91 bits per heavy atom. The van der Waals surface area contributed by atoms with Crippen LogP contribution in [0.2, 0.25) is 0 Å². The van der Waals surface area contributed by atoms with Crippen molar-refractivity contribution in [1.82, 2.24) is 24.9 Å². The smallest absolute Gasteiger partial charge is 0.254 e. The van der Waals surface area contributed by atoms with Gasteiger partial charge in [-0.1, -0.05) is 18.2 Å². The Hall–Kier alpha value is -2.71. The molecular weight excluding hydrogens is 406 g/mol. The van der Waals surface area contributed by atoms with Crippen molar-refractivity contribution in [2.45, 2.75) is 39.9 Å². The van der Waals surface area contributed by atoms with Crippen molar-refractivity contribution in [1.29, 1.82) is 0 Å². The summed E-state index contributed by atoms with van der Waals surface area (Å²) >= 11 is 0. The van der Waals surface area contributed by atoms with Crippen LogP contribution in [0, 0.1) is 19.8 Å². The van der Waals surface area contributed by atoms with E-state index in [-0.39, 0.29) is 23.8 Å². The minimum absolute atomic E-state index is 0.00434. The van der Waals surface area contributed by atoms with E-state index in [9.17, 15) is 9.59 Å². The zero-order valence-electron chi connectivity index (χ0n) is 19.2. The molecule has 2 fully saturated rings. The fourth-order valence-electron chi connectivity index (χ4n) is 4.37. The summed E-state index contributed by atoms with van der Waals surface area (Å²) < 4.78 is 7.34. The van der Waals surface area contributed by atoms with Crippen LogP contribution in [0.25, 0.3) is 0 Å². The zero-order valence-corrected chi connectivity index (χ0v) is 19.2. The average molecular weight is 440 g/mol. The van der Waals surface area contributed by atoms with Crippen LogP contribution in [0.5, 0.6) is 0 Å². The molecule has 8 heteroatoms. The second-order valence-electron chi connectivity index (χ2n) is 8.97. The molecule has 2 aromatic rings. The quantitative estimate of drug-likeness (QED) is 0.709. The Morgan fingerprint density at radius 1 is 1.19 bits per heavy atom. The van der Waals surface area contributed by atoms with Crippen molar-refractivity contribution < 1.29 is 14.3 Å². The number of aryl methyl sites for hydroxylation is 2. The van der Waals surface area contributed by atoms with Crippen LogP contribution >= 0.6 is 0 Å². The number of amides is 2. The third kappa shape index (κ3) is 5.19. The van der Waals surface area contributed by atoms with E-state index in [0.717, 1.165) is 55.4 Å². The molecule has 0 spiro atoms. The van der Waals surface area contributed by atoms with Crippen LogP contribution in [0.4, 0.5) is 0 Å². The number of hydrogen-bond acceptors (Lipinski definition) is 5. The van der Waals surface area contributed by atoms with E-state index in [0.29, 0.717) is 19.6 Å². The van der Waals surface area contributed by atoms with Gasteiger partial charge in [0.25, 0.3) is 5.91 Å². The molecule has 2 aliphatic heterocycles. The molecule has 2 aliphatic rings. The molecule has 0 radical (unpaired) electrons. The summed E-state index contributed by atoms with van der Waals surface area (Å²) in [6.45, 7) is 11.5. The number of nitrogens with zero attached hydrogens (tertiary/aromatic N) is 4. The first kappa shape index (κ1) is 22.5. The summed E-state index contributed by atoms with van der Waals surface area (Å²) in [5.74, 6) is -0.147. The molecule has 0 saturated carbocycles. The van der Waals surface area contributed by atoms with Crippen molar-refractivity contribution >= 4 is 11.8 Å². The van der Waals surface area contributed by atoms with E-state index in [4.69, 9.17) is 4.74 Å². The average Bonchev–Trinajstić information content (AvgIpc) is 3.04. The summed E-state index contributed by atoms with van der Waals surface area (Å²) in [7, 11) is 0. The van der Waals surface area contributed by atoms with Crippen molar-refractivity contribution in [2.75, 3.05) is 39.4 Å². The highest BCUT2D eigenvalue weighted by molar-refractivity contribution is 5.97. The Balaban J connectivity index is 1.29. The molecule has 1 aromatic heterocycles. The fraction of sp³-hybridized carbons (Fsp3) is 0.542. The van der Waals surface area contributed by atoms with Gasteiger partial charge in [-0.2, -0.15) is 5.10 Å². The molecule has 1 aromatic carbocycles. The topological polar surface area (TPSA) is 79.7 Å². The summed E-state index contributed by atoms with van der Waals surface area (Å²) in [4.78, 5) is 29.8. The maximum Gasteiger partial charge on any atom is 0.254 e. The van der Waals surface area contributed by atoms with Gasteiger partial charge in [-0.25, -0.2) is 0 Å². The molecule has 3 heterocycles. The number of rotatable bonds is 7. The molecule has 0 aliphatic carbocycles. The van der Waals surface area contributed by atoms with E-state index in [1.165, 1.54) is 0 Å². The van der Waals surface area contributed by atoms with Gasteiger partial charge in [0.1, 0.15) is 0 Å². The van der Waals surface area contributed by atoms with Crippen molar-refractivity contribution in [3.63, 3.8) is 0 Å². The van der Waals surface area contributed by atoms with Gasteiger partial charge in [-0.3, -0.25) is 19.2 Å². The van der Waals surface area contributed by atoms with E-state index in [1.54, 1.807) is 4.90 Å². The number of nitrogens with one attached hydrogen (secondary N) is 1. The van der Waals surface area contributed by atoms with Crippen LogP contribution in [0.15, 0.2) is 30.3 Å². The number of likely N-dealkylation sites (tertiary alicyclic amines) is 1. The van der Waals surface area contributed by atoms with E-state index in [1.807, 2.05) is 55.8 Å². The summed E-state index contributed by atoms with van der Waals surface area (Å²) in [5.41, 5.74) is 3.82. The molecular formula is C24H33N5O3. The van der Waals surface area contributed by atoms with Crippen LogP contribution < -0.4 is 5.32 Å². The molecule has 8 nitrogen and oxygen atoms in total. The van der Waals surface area contributed by atoms with Crippen molar-refractivity contribution in [3.05, 3.63) is 52.8 Å². The Morgan fingerprint density at radius 3 is 2.59 bits per heavy atom. The zero-order chi connectivity index (χ0) is 22.7. The van der Waals surface area contributed by atoms with E-state index < -0.39 is 0 Å². The highest BCUT2D eigenvalue weighted by Gasteiger charge is 2.37. The van der Waals surface area contributed by atoms with Gasteiger partial charge in [0.2, 0.25) is 5.91 Å². The minimum Gasteiger partial charge on any atom is -0.379 e. The second kappa shape index (κ2) is 9.83. The standard InChI is InChI=1S/C24H33N5O3/c1-17-12-19(3)29(26-17)13-18(2)25-23(30)21-15-28(16-21)24(31)22-7-5-4-6-20(22)14-27-8-10-32-11-9-27/h4-7,12,18,21H,8-11,13-16H2,1-3H3,(H,25,30). The number of aromatic nitrogens is 2. The predicted molar refractivity (Wildman–Crippen MR) is 121 cm³/mol. The molecule has 0 bridgehead atoms. The van der Waals surface area contributed by atoms with Gasteiger partial charge < -0.3 is 15.0 Å². The lowest BCUT2D eigenvalue weighted by atomic mass is 9.96. The first-order valence-corrected chi connectivity index (χ1v) is 11.4.